The van der Waals surface area contributed by atoms with Gasteiger partial charge in [-0.15, -0.1) is 0 Å². The van der Waals surface area contributed by atoms with Crippen LogP contribution < -0.4 is 5.32 Å². The predicted octanol–water partition coefficient (Wildman–Crippen LogP) is 4.02. The highest BCUT2D eigenvalue weighted by Gasteiger charge is 2.08. The van der Waals surface area contributed by atoms with E-state index >= 15 is 0 Å². The number of rotatable bonds is 4. The van der Waals surface area contributed by atoms with Crippen LogP contribution >= 0.6 is 0 Å². The zero-order valence-electron chi connectivity index (χ0n) is 11.4. The van der Waals surface area contributed by atoms with Gasteiger partial charge in [-0.05, 0) is 44.5 Å². The van der Waals surface area contributed by atoms with Crippen LogP contribution in [-0.2, 0) is 13.1 Å². The Morgan fingerprint density at radius 1 is 1.11 bits per heavy atom. The lowest BCUT2D eigenvalue weighted by Gasteiger charge is -2.08. The lowest BCUT2D eigenvalue weighted by molar-refractivity contribution is 0.509. The number of benzene rings is 1. The molecule has 0 atom stereocenters. The average Bonchev–Trinajstić information content (AvgIpc) is 2.65. The van der Waals surface area contributed by atoms with Crippen LogP contribution in [0.4, 0.5) is 14.5 Å². The fraction of sp³-hybridized carbons (Fsp3) is 0.333. The van der Waals surface area contributed by atoms with E-state index in [-0.39, 0.29) is 0 Å². The second kappa shape index (κ2) is 5.43. The molecule has 0 saturated carbocycles. The van der Waals surface area contributed by atoms with Crippen molar-refractivity contribution in [3.8, 4) is 0 Å². The van der Waals surface area contributed by atoms with Crippen LogP contribution in [0.2, 0.25) is 0 Å². The van der Waals surface area contributed by atoms with Gasteiger partial charge in [0.25, 0.3) is 0 Å². The van der Waals surface area contributed by atoms with Crippen LogP contribution in [0.3, 0.4) is 0 Å². The van der Waals surface area contributed by atoms with Gasteiger partial charge in [0.05, 0.1) is 0 Å². The van der Waals surface area contributed by atoms with Crippen molar-refractivity contribution in [1.29, 1.82) is 0 Å². The Morgan fingerprint density at radius 2 is 1.84 bits per heavy atom. The average molecular weight is 264 g/mol. The van der Waals surface area contributed by atoms with Gasteiger partial charge in [-0.25, -0.2) is 8.78 Å². The molecule has 0 spiro atoms. The lowest BCUT2D eigenvalue weighted by Crippen LogP contribution is -2.03. The van der Waals surface area contributed by atoms with Crippen LogP contribution in [-0.4, -0.2) is 4.57 Å². The Morgan fingerprint density at radius 3 is 2.42 bits per heavy atom. The van der Waals surface area contributed by atoms with Gasteiger partial charge in [0.15, 0.2) is 11.6 Å². The monoisotopic (exact) mass is 264 g/mol. The second-order valence-electron chi connectivity index (χ2n) is 4.62. The molecule has 0 aliphatic carbocycles. The first-order chi connectivity index (χ1) is 9.02. The third-order valence-electron chi connectivity index (χ3n) is 3.40. The molecule has 4 heteroatoms. The summed E-state index contributed by atoms with van der Waals surface area (Å²) in [5.74, 6) is -1.65. The molecule has 0 radical (unpaired) electrons. The molecule has 0 aliphatic rings. The normalized spacial score (nSPS) is 10.8. The van der Waals surface area contributed by atoms with E-state index in [1.807, 2.05) is 0 Å². The molecule has 2 nitrogen and oxygen atoms in total. The number of anilines is 1. The third-order valence-corrected chi connectivity index (χ3v) is 3.40. The summed E-state index contributed by atoms with van der Waals surface area (Å²) in [6.07, 6.45) is 0. The standard InChI is InChI=1S/C15H18F2N2/c1-4-19-10(2)7-12(11(19)3)9-18-13-5-6-14(16)15(17)8-13/h5-8,18H,4,9H2,1-3H3. The van der Waals surface area contributed by atoms with Gasteiger partial charge >= 0.3 is 0 Å². The van der Waals surface area contributed by atoms with E-state index in [0.29, 0.717) is 12.2 Å². The van der Waals surface area contributed by atoms with Crippen molar-refractivity contribution < 1.29 is 8.78 Å². The molecule has 1 aromatic heterocycles. The van der Waals surface area contributed by atoms with Crippen LogP contribution in [0.15, 0.2) is 24.3 Å². The molecule has 19 heavy (non-hydrogen) atoms. The number of nitrogens with one attached hydrogen (secondary N) is 1. The SMILES string of the molecule is CCn1c(C)cc(CNc2ccc(F)c(F)c2)c1C. The summed E-state index contributed by atoms with van der Waals surface area (Å²) in [6.45, 7) is 7.77. The van der Waals surface area contributed by atoms with Crippen molar-refractivity contribution in [3.05, 3.63) is 52.9 Å². The number of aromatic nitrogens is 1. The zero-order valence-corrected chi connectivity index (χ0v) is 11.4. The molecule has 0 unspecified atom stereocenters. The first-order valence-corrected chi connectivity index (χ1v) is 6.37. The van der Waals surface area contributed by atoms with Crippen molar-refractivity contribution >= 4 is 5.69 Å². The largest absolute Gasteiger partial charge is 0.381 e. The number of halogens is 2. The van der Waals surface area contributed by atoms with Crippen LogP contribution in [0, 0.1) is 25.5 Å². The highest BCUT2D eigenvalue weighted by Crippen LogP contribution is 2.18. The summed E-state index contributed by atoms with van der Waals surface area (Å²) in [6, 6.07) is 5.96. The van der Waals surface area contributed by atoms with Crippen LogP contribution in [0.5, 0.6) is 0 Å². The van der Waals surface area contributed by atoms with Gasteiger partial charge in [-0.2, -0.15) is 0 Å². The fourth-order valence-electron chi connectivity index (χ4n) is 2.34. The van der Waals surface area contributed by atoms with Gasteiger partial charge in [-0.1, -0.05) is 0 Å². The molecule has 0 amide bonds. The Kier molecular flexibility index (Phi) is 3.88. The summed E-state index contributed by atoms with van der Waals surface area (Å²) in [5.41, 5.74) is 4.17. The molecular weight excluding hydrogens is 246 g/mol. The lowest BCUT2D eigenvalue weighted by atomic mass is 10.2. The quantitative estimate of drug-likeness (QED) is 0.882. The predicted molar refractivity (Wildman–Crippen MR) is 73.3 cm³/mol. The molecule has 1 heterocycles. The second-order valence-corrected chi connectivity index (χ2v) is 4.62. The maximum absolute atomic E-state index is 13.1. The van der Waals surface area contributed by atoms with Gasteiger partial charge in [-0.3, -0.25) is 0 Å². The molecular formula is C15H18F2N2. The molecule has 1 N–H and O–H groups in total. The summed E-state index contributed by atoms with van der Waals surface area (Å²) in [5, 5.41) is 3.11. The Bertz CT molecular complexity index is 588. The van der Waals surface area contributed by atoms with E-state index in [2.05, 4.69) is 36.7 Å². The van der Waals surface area contributed by atoms with Crippen LogP contribution in [0.1, 0.15) is 23.9 Å². The Balaban J connectivity index is 2.12. The molecule has 102 valence electrons. The highest BCUT2D eigenvalue weighted by atomic mass is 19.2. The summed E-state index contributed by atoms with van der Waals surface area (Å²) in [7, 11) is 0. The van der Waals surface area contributed by atoms with Crippen molar-refractivity contribution in [3.63, 3.8) is 0 Å². The van der Waals surface area contributed by atoms with E-state index in [1.54, 1.807) is 0 Å². The minimum Gasteiger partial charge on any atom is -0.381 e. The number of nitrogens with zero attached hydrogens (tertiary/aromatic N) is 1. The maximum Gasteiger partial charge on any atom is 0.160 e. The highest BCUT2D eigenvalue weighted by molar-refractivity contribution is 5.44. The van der Waals surface area contributed by atoms with E-state index in [0.717, 1.165) is 12.6 Å². The minimum absolute atomic E-state index is 0.584. The number of aryl methyl sites for hydroxylation is 1. The van der Waals surface area contributed by atoms with Crippen molar-refractivity contribution in [2.75, 3.05) is 5.32 Å². The van der Waals surface area contributed by atoms with Crippen LogP contribution in [0.25, 0.3) is 0 Å². The molecule has 0 saturated heterocycles. The van der Waals surface area contributed by atoms with Crippen molar-refractivity contribution in [1.82, 2.24) is 4.57 Å². The molecule has 2 aromatic rings. The molecule has 0 bridgehead atoms. The van der Waals surface area contributed by atoms with Gasteiger partial charge in [0, 0.05) is 36.2 Å². The maximum atomic E-state index is 13.1. The van der Waals surface area contributed by atoms with Gasteiger partial charge < -0.3 is 9.88 Å². The van der Waals surface area contributed by atoms with E-state index in [1.165, 1.54) is 29.1 Å². The van der Waals surface area contributed by atoms with Gasteiger partial charge in [0.2, 0.25) is 0 Å². The summed E-state index contributed by atoms with van der Waals surface area (Å²) in [4.78, 5) is 0. The zero-order chi connectivity index (χ0) is 14.0. The Hall–Kier alpha value is -1.84. The third kappa shape index (κ3) is 2.78. The summed E-state index contributed by atoms with van der Waals surface area (Å²) >= 11 is 0. The van der Waals surface area contributed by atoms with Crippen molar-refractivity contribution in [2.24, 2.45) is 0 Å². The topological polar surface area (TPSA) is 17.0 Å². The smallest absolute Gasteiger partial charge is 0.160 e. The first-order valence-electron chi connectivity index (χ1n) is 6.37. The first kappa shape index (κ1) is 13.6. The molecule has 0 aliphatic heterocycles. The fourth-order valence-corrected chi connectivity index (χ4v) is 2.34. The van der Waals surface area contributed by atoms with E-state index in [4.69, 9.17) is 0 Å². The minimum atomic E-state index is -0.830. The number of hydrogen-bond donors (Lipinski definition) is 1. The summed E-state index contributed by atoms with van der Waals surface area (Å²) < 4.78 is 28.1. The van der Waals surface area contributed by atoms with E-state index in [9.17, 15) is 8.78 Å². The molecule has 0 fully saturated rings. The van der Waals surface area contributed by atoms with Crippen molar-refractivity contribution in [2.45, 2.75) is 33.9 Å². The molecule has 2 rings (SSSR count). The Labute approximate surface area is 112 Å². The number of hydrogen-bond acceptors (Lipinski definition) is 1. The van der Waals surface area contributed by atoms with Gasteiger partial charge in [0.1, 0.15) is 0 Å². The van der Waals surface area contributed by atoms with E-state index < -0.39 is 11.6 Å². The molecule has 1 aromatic carbocycles.